The summed E-state index contributed by atoms with van der Waals surface area (Å²) in [6.45, 7) is 0. The van der Waals surface area contributed by atoms with Crippen molar-refractivity contribution in [2.75, 3.05) is 5.32 Å². The van der Waals surface area contributed by atoms with Crippen LogP contribution in [0.5, 0.6) is 0 Å². The zero-order chi connectivity index (χ0) is 24.5. The zero-order valence-electron chi connectivity index (χ0n) is 16.8. The first-order valence-electron chi connectivity index (χ1n) is 9.47. The standard InChI is InChI=1S/C21H13F6N5OS/c22-20(23,24)13-5-12(6-14(7-13)21(25,26)27)18(33)31-15-3-1-2-11(4-15)9-34-19-16-8-30-32-17(16)28-10-29-19/h1-8,10H,9H2,(H,31,33)(H,28,29,30,32). The maximum absolute atomic E-state index is 13.1. The van der Waals surface area contributed by atoms with Gasteiger partial charge in [0.05, 0.1) is 22.7 Å². The van der Waals surface area contributed by atoms with Crippen LogP contribution in [0.1, 0.15) is 27.0 Å². The number of aromatic nitrogens is 4. The fourth-order valence-electron chi connectivity index (χ4n) is 3.04. The molecular weight excluding hydrogens is 484 g/mol. The molecule has 2 aromatic carbocycles. The highest BCUT2D eigenvalue weighted by Crippen LogP contribution is 2.36. The number of rotatable bonds is 5. The van der Waals surface area contributed by atoms with Crippen LogP contribution in [-0.2, 0) is 18.1 Å². The molecule has 4 rings (SSSR count). The molecule has 0 aliphatic heterocycles. The minimum Gasteiger partial charge on any atom is -0.322 e. The molecule has 6 nitrogen and oxygen atoms in total. The highest BCUT2D eigenvalue weighted by molar-refractivity contribution is 7.98. The van der Waals surface area contributed by atoms with E-state index in [9.17, 15) is 31.1 Å². The largest absolute Gasteiger partial charge is 0.416 e. The summed E-state index contributed by atoms with van der Waals surface area (Å²) in [5.74, 6) is -0.680. The predicted molar refractivity (Wildman–Crippen MR) is 112 cm³/mol. The van der Waals surface area contributed by atoms with Gasteiger partial charge in [-0.3, -0.25) is 9.89 Å². The molecule has 0 spiro atoms. The van der Waals surface area contributed by atoms with E-state index in [2.05, 4.69) is 25.5 Å². The number of alkyl halides is 6. The molecule has 0 fully saturated rings. The Kier molecular flexibility index (Phi) is 6.21. The highest BCUT2D eigenvalue weighted by atomic mass is 32.2. The number of hydrogen-bond acceptors (Lipinski definition) is 5. The van der Waals surface area contributed by atoms with Crippen molar-refractivity contribution in [1.82, 2.24) is 20.2 Å². The van der Waals surface area contributed by atoms with E-state index in [1.807, 2.05) is 0 Å². The van der Waals surface area contributed by atoms with Crippen LogP contribution in [0.25, 0.3) is 11.0 Å². The normalized spacial score (nSPS) is 12.2. The molecular formula is C21H13F6N5OS. The summed E-state index contributed by atoms with van der Waals surface area (Å²) >= 11 is 1.37. The Labute approximate surface area is 191 Å². The van der Waals surface area contributed by atoms with Crippen molar-refractivity contribution in [2.24, 2.45) is 0 Å². The Hall–Kier alpha value is -3.61. The third kappa shape index (κ3) is 5.30. The molecule has 0 aliphatic rings. The number of thioether (sulfide) groups is 1. The summed E-state index contributed by atoms with van der Waals surface area (Å²) in [4.78, 5) is 20.7. The van der Waals surface area contributed by atoms with Crippen LogP contribution in [0.4, 0.5) is 32.0 Å². The van der Waals surface area contributed by atoms with Gasteiger partial charge in [0.25, 0.3) is 5.91 Å². The van der Waals surface area contributed by atoms with Gasteiger partial charge < -0.3 is 5.32 Å². The van der Waals surface area contributed by atoms with Crippen LogP contribution in [0.15, 0.2) is 60.0 Å². The van der Waals surface area contributed by atoms with Gasteiger partial charge in [-0.05, 0) is 35.9 Å². The Morgan fingerprint density at radius 3 is 2.35 bits per heavy atom. The number of nitrogens with zero attached hydrogens (tertiary/aromatic N) is 3. The van der Waals surface area contributed by atoms with Gasteiger partial charge in [0.1, 0.15) is 11.4 Å². The maximum Gasteiger partial charge on any atom is 0.416 e. The molecule has 2 heterocycles. The Morgan fingerprint density at radius 2 is 1.68 bits per heavy atom. The lowest BCUT2D eigenvalue weighted by molar-refractivity contribution is -0.143. The lowest BCUT2D eigenvalue weighted by Crippen LogP contribution is -2.17. The van der Waals surface area contributed by atoms with Crippen LogP contribution in [-0.4, -0.2) is 26.1 Å². The minimum absolute atomic E-state index is 0.0290. The van der Waals surface area contributed by atoms with Crippen LogP contribution in [0, 0.1) is 0 Å². The number of carbonyl (C=O) groups is 1. The smallest absolute Gasteiger partial charge is 0.322 e. The van der Waals surface area contributed by atoms with Gasteiger partial charge in [-0.2, -0.15) is 31.4 Å². The first-order chi connectivity index (χ1) is 16.0. The number of amides is 1. The van der Waals surface area contributed by atoms with Gasteiger partial charge in [0.15, 0.2) is 5.65 Å². The third-order valence-electron chi connectivity index (χ3n) is 4.62. The number of carbonyl (C=O) groups excluding carboxylic acids is 1. The SMILES string of the molecule is O=C(Nc1cccc(CSc2ncnc3[nH]ncc23)c1)c1cc(C(F)(F)F)cc(C(F)(F)F)c1. The van der Waals surface area contributed by atoms with E-state index in [1.165, 1.54) is 24.2 Å². The lowest BCUT2D eigenvalue weighted by atomic mass is 10.0. The van der Waals surface area contributed by atoms with Gasteiger partial charge in [-0.15, -0.1) is 11.8 Å². The quantitative estimate of drug-likeness (QED) is 0.203. The second-order valence-corrected chi connectivity index (χ2v) is 8.01. The summed E-state index contributed by atoms with van der Waals surface area (Å²) in [6.07, 6.45) is -7.13. The predicted octanol–water partition coefficient (Wildman–Crippen LogP) is 5.94. The molecule has 0 atom stereocenters. The highest BCUT2D eigenvalue weighted by Gasteiger charge is 2.37. The molecule has 0 bridgehead atoms. The van der Waals surface area contributed by atoms with E-state index in [1.54, 1.807) is 24.4 Å². The number of anilines is 1. The van der Waals surface area contributed by atoms with E-state index in [0.29, 0.717) is 28.6 Å². The molecule has 0 radical (unpaired) electrons. The van der Waals surface area contributed by atoms with E-state index >= 15 is 0 Å². The number of aromatic amines is 1. The minimum atomic E-state index is -5.05. The van der Waals surface area contributed by atoms with Crippen molar-refractivity contribution in [3.63, 3.8) is 0 Å². The first-order valence-corrected chi connectivity index (χ1v) is 10.5. The molecule has 0 saturated carbocycles. The van der Waals surface area contributed by atoms with Crippen molar-refractivity contribution >= 4 is 34.4 Å². The summed E-state index contributed by atoms with van der Waals surface area (Å²) in [7, 11) is 0. The Bertz CT molecular complexity index is 1320. The summed E-state index contributed by atoms with van der Waals surface area (Å²) in [5, 5.41) is 10.4. The maximum atomic E-state index is 13.1. The number of nitrogens with one attached hydrogen (secondary N) is 2. The van der Waals surface area contributed by atoms with Gasteiger partial charge >= 0.3 is 12.4 Å². The fraction of sp³-hybridized carbons (Fsp3) is 0.143. The van der Waals surface area contributed by atoms with Crippen molar-refractivity contribution in [3.05, 3.63) is 77.2 Å². The van der Waals surface area contributed by atoms with Crippen molar-refractivity contribution in [1.29, 1.82) is 0 Å². The van der Waals surface area contributed by atoms with E-state index in [0.717, 1.165) is 10.9 Å². The first kappa shape index (κ1) is 23.5. The molecule has 13 heteroatoms. The van der Waals surface area contributed by atoms with Crippen LogP contribution < -0.4 is 5.32 Å². The third-order valence-corrected chi connectivity index (χ3v) is 5.70. The van der Waals surface area contributed by atoms with Crippen LogP contribution in [0.2, 0.25) is 0 Å². The average Bonchev–Trinajstić information content (AvgIpc) is 3.26. The Balaban J connectivity index is 1.53. The topological polar surface area (TPSA) is 83.6 Å². The van der Waals surface area contributed by atoms with Crippen molar-refractivity contribution in [2.45, 2.75) is 23.1 Å². The molecule has 2 aromatic heterocycles. The van der Waals surface area contributed by atoms with Gasteiger partial charge in [-0.1, -0.05) is 12.1 Å². The summed E-state index contributed by atoms with van der Waals surface area (Å²) < 4.78 is 78.4. The number of hydrogen-bond donors (Lipinski definition) is 2. The van der Waals surface area contributed by atoms with Crippen LogP contribution in [0.3, 0.4) is 0 Å². The molecule has 0 aliphatic carbocycles. The molecule has 4 aromatic rings. The summed E-state index contributed by atoms with van der Waals surface area (Å²) in [6, 6.07) is 7.14. The van der Waals surface area contributed by atoms with Crippen LogP contribution >= 0.6 is 11.8 Å². The molecule has 2 N–H and O–H groups in total. The number of H-pyrrole nitrogens is 1. The summed E-state index contributed by atoms with van der Waals surface area (Å²) in [5.41, 5.74) is -2.37. The Morgan fingerprint density at radius 1 is 0.971 bits per heavy atom. The number of halogens is 6. The van der Waals surface area contributed by atoms with Gasteiger partial charge in [0, 0.05) is 17.0 Å². The fourth-order valence-corrected chi connectivity index (χ4v) is 3.95. The lowest BCUT2D eigenvalue weighted by Gasteiger charge is -2.14. The number of fused-ring (bicyclic) bond motifs is 1. The monoisotopic (exact) mass is 497 g/mol. The average molecular weight is 497 g/mol. The van der Waals surface area contributed by atoms with E-state index in [-0.39, 0.29) is 11.8 Å². The molecule has 1 amide bonds. The molecule has 0 unspecified atom stereocenters. The van der Waals surface area contributed by atoms with Crippen molar-refractivity contribution in [3.8, 4) is 0 Å². The van der Waals surface area contributed by atoms with E-state index < -0.39 is 35.0 Å². The number of benzene rings is 2. The molecule has 0 saturated heterocycles. The van der Waals surface area contributed by atoms with Crippen molar-refractivity contribution < 1.29 is 31.1 Å². The second kappa shape index (κ2) is 8.97. The molecule has 176 valence electrons. The van der Waals surface area contributed by atoms with Gasteiger partial charge in [-0.25, -0.2) is 9.97 Å². The molecule has 34 heavy (non-hydrogen) atoms. The van der Waals surface area contributed by atoms with E-state index in [4.69, 9.17) is 0 Å². The second-order valence-electron chi connectivity index (χ2n) is 7.05. The zero-order valence-corrected chi connectivity index (χ0v) is 17.6. The van der Waals surface area contributed by atoms with Gasteiger partial charge in [0.2, 0.25) is 0 Å².